The second kappa shape index (κ2) is 11.8. The van der Waals surface area contributed by atoms with Gasteiger partial charge in [0.05, 0.1) is 46.5 Å². The number of benzene rings is 2. The molecule has 0 fully saturated rings. The summed E-state index contributed by atoms with van der Waals surface area (Å²) in [4.78, 5) is 27.4. The van der Waals surface area contributed by atoms with Crippen LogP contribution in [0.2, 0.25) is 0 Å². The van der Waals surface area contributed by atoms with Crippen molar-refractivity contribution in [2.45, 2.75) is 45.4 Å². The molecule has 0 radical (unpaired) electrons. The van der Waals surface area contributed by atoms with Crippen LogP contribution in [0.4, 0.5) is 0 Å². The third-order valence-corrected chi connectivity index (χ3v) is 7.23. The molecule has 1 aliphatic heterocycles. The molecule has 2 aliphatic rings. The Balaban J connectivity index is 1.81. The lowest BCUT2D eigenvalue weighted by Crippen LogP contribution is -2.36. The smallest absolute Gasteiger partial charge is 0.336 e. The van der Waals surface area contributed by atoms with Gasteiger partial charge in [0.15, 0.2) is 17.3 Å². The van der Waals surface area contributed by atoms with Crippen molar-refractivity contribution in [1.29, 1.82) is 0 Å². The molecule has 1 aliphatic carbocycles. The van der Waals surface area contributed by atoms with Crippen LogP contribution in [-0.2, 0) is 14.3 Å². The Morgan fingerprint density at radius 3 is 2.28 bits per heavy atom. The number of hydrogen-bond acceptors (Lipinski definition) is 8. The number of Topliss-reactive ketones (excluding diaryl/α,β-unsaturated/α-hetero) is 1. The maximum absolute atomic E-state index is 13.9. The van der Waals surface area contributed by atoms with E-state index in [1.54, 1.807) is 34.5 Å². The Hall–Kier alpha value is -3.94. The Kier molecular flexibility index (Phi) is 8.53. The number of carbonyl (C=O) groups excluding carboxylic acids is 2. The summed E-state index contributed by atoms with van der Waals surface area (Å²) in [5, 5.41) is 3.39. The molecule has 0 spiro atoms. The number of nitrogens with one attached hydrogen (secondary N) is 1. The van der Waals surface area contributed by atoms with E-state index in [0.29, 0.717) is 58.2 Å². The van der Waals surface area contributed by atoms with Gasteiger partial charge in [-0.3, -0.25) is 4.79 Å². The van der Waals surface area contributed by atoms with Crippen molar-refractivity contribution in [3.63, 3.8) is 0 Å². The number of carbonyl (C=O) groups is 2. The van der Waals surface area contributed by atoms with Gasteiger partial charge in [-0.1, -0.05) is 26.0 Å². The molecule has 0 aromatic heterocycles. The number of ether oxygens (including phenoxy) is 5. The summed E-state index contributed by atoms with van der Waals surface area (Å²) in [6.45, 7) is 6.10. The number of dihydropyridines is 1. The highest BCUT2D eigenvalue weighted by atomic mass is 16.5. The molecule has 0 saturated carbocycles. The number of rotatable bonds is 9. The summed E-state index contributed by atoms with van der Waals surface area (Å²) >= 11 is 0. The monoisotopic (exact) mass is 535 g/mol. The van der Waals surface area contributed by atoms with Gasteiger partial charge in [-0.25, -0.2) is 4.79 Å². The van der Waals surface area contributed by atoms with Crippen LogP contribution in [0.1, 0.15) is 56.6 Å². The highest BCUT2D eigenvalue weighted by Gasteiger charge is 2.42. The maximum Gasteiger partial charge on any atom is 0.336 e. The minimum atomic E-state index is -0.638. The predicted molar refractivity (Wildman–Crippen MR) is 147 cm³/mol. The third-order valence-electron chi connectivity index (χ3n) is 7.23. The summed E-state index contributed by atoms with van der Waals surface area (Å²) in [5.74, 6) is 1.39. The highest BCUT2D eigenvalue weighted by Crippen LogP contribution is 2.48. The van der Waals surface area contributed by atoms with Gasteiger partial charge in [0, 0.05) is 35.0 Å². The molecule has 2 atom stereocenters. The topological polar surface area (TPSA) is 92.3 Å². The Labute approximate surface area is 229 Å². The lowest BCUT2D eigenvalue weighted by Gasteiger charge is -2.37. The van der Waals surface area contributed by atoms with Crippen molar-refractivity contribution >= 4 is 11.8 Å². The first-order chi connectivity index (χ1) is 18.7. The van der Waals surface area contributed by atoms with Crippen LogP contribution in [0.15, 0.2) is 58.9 Å². The molecule has 2 aromatic carbocycles. The fourth-order valence-electron chi connectivity index (χ4n) is 5.34. The minimum absolute atomic E-state index is 0.0342. The Morgan fingerprint density at radius 2 is 1.64 bits per heavy atom. The molecule has 1 N–H and O–H groups in total. The molecule has 0 amide bonds. The second-order valence-corrected chi connectivity index (χ2v) is 10.2. The van der Waals surface area contributed by atoms with E-state index in [1.165, 1.54) is 0 Å². The molecule has 4 rings (SSSR count). The SMILES string of the molecule is COc1ccc([C@@H]2C(C(=O)OCC(C)C)=C(C)NC3=C2C(=O)C[C@H](c2ccc(OC)c(OC)c2)C3)c(OC)c1. The second-order valence-electron chi connectivity index (χ2n) is 10.2. The average Bonchev–Trinajstić information content (AvgIpc) is 2.94. The molecular weight excluding hydrogens is 498 g/mol. The van der Waals surface area contributed by atoms with Crippen LogP contribution in [0.3, 0.4) is 0 Å². The fourth-order valence-corrected chi connectivity index (χ4v) is 5.34. The van der Waals surface area contributed by atoms with Gasteiger partial charge in [0.2, 0.25) is 0 Å². The summed E-state index contributed by atoms with van der Waals surface area (Å²) in [5.41, 5.74) is 4.13. The summed E-state index contributed by atoms with van der Waals surface area (Å²) in [6.07, 6.45) is 0.884. The van der Waals surface area contributed by atoms with E-state index in [2.05, 4.69) is 5.32 Å². The molecule has 39 heavy (non-hydrogen) atoms. The average molecular weight is 536 g/mol. The Morgan fingerprint density at radius 1 is 0.923 bits per heavy atom. The van der Waals surface area contributed by atoms with Crippen LogP contribution in [0, 0.1) is 5.92 Å². The van der Waals surface area contributed by atoms with Gasteiger partial charge in [0.25, 0.3) is 0 Å². The quantitative estimate of drug-likeness (QED) is 0.434. The summed E-state index contributed by atoms with van der Waals surface area (Å²) in [7, 11) is 6.34. The maximum atomic E-state index is 13.9. The lowest BCUT2D eigenvalue weighted by molar-refractivity contribution is -0.140. The van der Waals surface area contributed by atoms with E-state index >= 15 is 0 Å². The molecule has 0 bridgehead atoms. The minimum Gasteiger partial charge on any atom is -0.497 e. The van der Waals surface area contributed by atoms with Crippen LogP contribution in [0.25, 0.3) is 0 Å². The molecular formula is C31H37NO7. The van der Waals surface area contributed by atoms with Gasteiger partial charge in [-0.05, 0) is 48.9 Å². The van der Waals surface area contributed by atoms with Crippen molar-refractivity contribution in [3.8, 4) is 23.0 Å². The van der Waals surface area contributed by atoms with Gasteiger partial charge < -0.3 is 29.0 Å². The lowest BCUT2D eigenvalue weighted by atomic mass is 9.71. The van der Waals surface area contributed by atoms with E-state index in [1.807, 2.05) is 51.1 Å². The summed E-state index contributed by atoms with van der Waals surface area (Å²) in [6, 6.07) is 11.2. The van der Waals surface area contributed by atoms with E-state index in [0.717, 1.165) is 11.3 Å². The van der Waals surface area contributed by atoms with E-state index in [9.17, 15) is 9.59 Å². The third kappa shape index (κ3) is 5.60. The standard InChI is InChI=1S/C31H37NO7/c1-17(2)16-39-31(34)28-18(3)32-23-12-20(19-8-11-25(36-5)27(14-19)38-7)13-24(33)30(23)29(28)22-10-9-21(35-4)15-26(22)37-6/h8-11,14-15,17,20,29,32H,12-13,16H2,1-7H3/t20-,29-/m1/s1. The molecule has 8 heteroatoms. The molecule has 8 nitrogen and oxygen atoms in total. The van der Waals surface area contributed by atoms with E-state index in [-0.39, 0.29) is 24.2 Å². The fraction of sp³-hybridized carbons (Fsp3) is 0.419. The van der Waals surface area contributed by atoms with Crippen LogP contribution in [0.5, 0.6) is 23.0 Å². The predicted octanol–water partition coefficient (Wildman–Crippen LogP) is 5.28. The molecule has 2 aromatic rings. The first kappa shape index (κ1) is 28.1. The number of hydrogen-bond donors (Lipinski definition) is 1. The highest BCUT2D eigenvalue weighted by molar-refractivity contribution is 6.04. The molecule has 0 unspecified atom stereocenters. The first-order valence-corrected chi connectivity index (χ1v) is 13.1. The zero-order valence-electron chi connectivity index (χ0n) is 23.7. The van der Waals surface area contributed by atoms with Crippen LogP contribution < -0.4 is 24.3 Å². The number of allylic oxidation sites excluding steroid dienone is 3. The first-order valence-electron chi connectivity index (χ1n) is 13.1. The van der Waals surface area contributed by atoms with Crippen molar-refractivity contribution < 1.29 is 33.3 Å². The zero-order chi connectivity index (χ0) is 28.3. The van der Waals surface area contributed by atoms with Gasteiger partial charge in [-0.15, -0.1) is 0 Å². The van der Waals surface area contributed by atoms with Crippen LogP contribution in [-0.4, -0.2) is 46.8 Å². The van der Waals surface area contributed by atoms with Crippen molar-refractivity contribution in [3.05, 3.63) is 70.1 Å². The number of ketones is 1. The van der Waals surface area contributed by atoms with Crippen LogP contribution >= 0.6 is 0 Å². The molecule has 1 heterocycles. The van der Waals surface area contributed by atoms with Gasteiger partial charge >= 0.3 is 5.97 Å². The normalized spacial score (nSPS) is 18.9. The number of methoxy groups -OCH3 is 4. The van der Waals surface area contributed by atoms with Crippen molar-refractivity contribution in [1.82, 2.24) is 5.32 Å². The van der Waals surface area contributed by atoms with Crippen molar-refractivity contribution in [2.24, 2.45) is 5.92 Å². The van der Waals surface area contributed by atoms with Crippen molar-refractivity contribution in [2.75, 3.05) is 35.0 Å². The largest absolute Gasteiger partial charge is 0.497 e. The molecule has 0 saturated heterocycles. The van der Waals surface area contributed by atoms with E-state index in [4.69, 9.17) is 23.7 Å². The Bertz CT molecular complexity index is 1320. The summed E-state index contributed by atoms with van der Waals surface area (Å²) < 4.78 is 27.7. The van der Waals surface area contributed by atoms with E-state index < -0.39 is 11.9 Å². The zero-order valence-corrected chi connectivity index (χ0v) is 23.7. The molecule has 208 valence electrons. The van der Waals surface area contributed by atoms with Gasteiger partial charge in [-0.2, -0.15) is 0 Å². The van der Waals surface area contributed by atoms with Gasteiger partial charge in [0.1, 0.15) is 11.5 Å². The number of esters is 1.